The average molecular weight is 475 g/mol. The van der Waals surface area contributed by atoms with Gasteiger partial charge in [-0.1, -0.05) is 0 Å². The highest BCUT2D eigenvalue weighted by Gasteiger charge is 2.33. The van der Waals surface area contributed by atoms with E-state index < -0.39 is 0 Å². The normalized spacial score (nSPS) is 18.4. The number of likely N-dealkylation sites (tertiary alicyclic amines) is 1. The first kappa shape index (κ1) is 22.9. The summed E-state index contributed by atoms with van der Waals surface area (Å²) in [5.41, 5.74) is 3.18. The number of methoxy groups -OCH3 is 1. The monoisotopic (exact) mass is 474 g/mol. The molecule has 5 rings (SSSR count). The SMILES string of the molecule is COc1ccc(N2CCN(C(=O)C3CCCN(C(=O)c4cc(-c5ccncc5)n[nH]4)C3)CC2)cc1. The van der Waals surface area contributed by atoms with E-state index in [1.165, 1.54) is 0 Å². The van der Waals surface area contributed by atoms with E-state index in [0.29, 0.717) is 37.6 Å². The number of hydrogen-bond donors (Lipinski definition) is 1. The van der Waals surface area contributed by atoms with E-state index in [0.717, 1.165) is 42.9 Å². The van der Waals surface area contributed by atoms with Gasteiger partial charge < -0.3 is 19.4 Å². The highest BCUT2D eigenvalue weighted by atomic mass is 16.5. The summed E-state index contributed by atoms with van der Waals surface area (Å²) >= 11 is 0. The van der Waals surface area contributed by atoms with Crippen LogP contribution in [0.4, 0.5) is 5.69 Å². The Balaban J connectivity index is 1.17. The third kappa shape index (κ3) is 4.99. The number of nitrogens with zero attached hydrogens (tertiary/aromatic N) is 5. The number of piperazine rings is 1. The number of carbonyl (C=O) groups excluding carboxylic acids is 2. The third-order valence-corrected chi connectivity index (χ3v) is 6.87. The van der Waals surface area contributed by atoms with Gasteiger partial charge in [0.05, 0.1) is 18.7 Å². The molecule has 2 aliphatic rings. The molecule has 0 radical (unpaired) electrons. The van der Waals surface area contributed by atoms with Crippen LogP contribution >= 0.6 is 0 Å². The number of H-pyrrole nitrogens is 1. The van der Waals surface area contributed by atoms with Crippen molar-refractivity contribution in [2.45, 2.75) is 12.8 Å². The van der Waals surface area contributed by atoms with Crippen molar-refractivity contribution in [1.29, 1.82) is 0 Å². The van der Waals surface area contributed by atoms with Crippen molar-refractivity contribution in [1.82, 2.24) is 25.0 Å². The van der Waals surface area contributed by atoms with E-state index >= 15 is 0 Å². The highest BCUT2D eigenvalue weighted by molar-refractivity contribution is 5.94. The summed E-state index contributed by atoms with van der Waals surface area (Å²) in [6.07, 6.45) is 5.03. The lowest BCUT2D eigenvalue weighted by molar-refractivity contribution is -0.137. The van der Waals surface area contributed by atoms with Gasteiger partial charge in [-0.3, -0.25) is 19.7 Å². The molecule has 0 spiro atoms. The predicted molar refractivity (Wildman–Crippen MR) is 132 cm³/mol. The fourth-order valence-electron chi connectivity index (χ4n) is 4.87. The maximum atomic E-state index is 13.3. The molecule has 2 aromatic heterocycles. The number of ether oxygens (including phenoxy) is 1. The zero-order valence-corrected chi connectivity index (χ0v) is 19.9. The van der Waals surface area contributed by atoms with Crippen molar-refractivity contribution in [2.75, 3.05) is 51.3 Å². The molecule has 1 N–H and O–H groups in total. The molecule has 2 fully saturated rings. The summed E-state index contributed by atoms with van der Waals surface area (Å²) in [6, 6.07) is 13.5. The Hall–Kier alpha value is -3.88. The summed E-state index contributed by atoms with van der Waals surface area (Å²) < 4.78 is 5.24. The highest BCUT2D eigenvalue weighted by Crippen LogP contribution is 2.24. The number of hydrogen-bond acceptors (Lipinski definition) is 6. The summed E-state index contributed by atoms with van der Waals surface area (Å²) in [4.78, 5) is 36.5. The first-order valence-corrected chi connectivity index (χ1v) is 12.1. The second-order valence-corrected chi connectivity index (χ2v) is 9.00. The number of rotatable bonds is 5. The van der Waals surface area contributed by atoms with Crippen LogP contribution in [0.3, 0.4) is 0 Å². The van der Waals surface area contributed by atoms with Gasteiger partial charge in [-0.25, -0.2) is 0 Å². The number of anilines is 1. The number of aromatic nitrogens is 3. The van der Waals surface area contributed by atoms with E-state index in [1.54, 1.807) is 30.5 Å². The molecule has 35 heavy (non-hydrogen) atoms. The maximum Gasteiger partial charge on any atom is 0.271 e. The molecule has 1 aromatic carbocycles. The number of amides is 2. The van der Waals surface area contributed by atoms with Crippen LogP contribution in [0.25, 0.3) is 11.3 Å². The van der Waals surface area contributed by atoms with Crippen LogP contribution in [0, 0.1) is 5.92 Å². The number of pyridine rings is 1. The minimum Gasteiger partial charge on any atom is -0.497 e. The van der Waals surface area contributed by atoms with Gasteiger partial charge in [0.2, 0.25) is 5.91 Å². The number of aromatic amines is 1. The van der Waals surface area contributed by atoms with Gasteiger partial charge in [0, 0.05) is 62.9 Å². The third-order valence-electron chi connectivity index (χ3n) is 6.87. The Morgan fingerprint density at radius 3 is 2.43 bits per heavy atom. The molecule has 0 saturated carbocycles. The molecule has 3 aromatic rings. The van der Waals surface area contributed by atoms with Gasteiger partial charge >= 0.3 is 0 Å². The number of nitrogens with one attached hydrogen (secondary N) is 1. The Kier molecular flexibility index (Phi) is 6.65. The van der Waals surface area contributed by atoms with Gasteiger partial charge in [0.1, 0.15) is 11.4 Å². The Labute approximate surface area is 204 Å². The molecular formula is C26H30N6O3. The Morgan fingerprint density at radius 2 is 1.71 bits per heavy atom. The zero-order valence-electron chi connectivity index (χ0n) is 19.9. The molecule has 9 heteroatoms. The van der Waals surface area contributed by atoms with Crippen LogP contribution in [0.1, 0.15) is 23.3 Å². The van der Waals surface area contributed by atoms with E-state index in [2.05, 4.69) is 32.2 Å². The molecule has 9 nitrogen and oxygen atoms in total. The summed E-state index contributed by atoms with van der Waals surface area (Å²) in [6.45, 7) is 4.05. The van der Waals surface area contributed by atoms with Crippen molar-refractivity contribution >= 4 is 17.5 Å². The summed E-state index contributed by atoms with van der Waals surface area (Å²) in [5, 5.41) is 7.15. The standard InChI is InChI=1S/C26H30N6O3/c1-35-22-6-4-21(5-7-22)30-13-15-31(16-14-30)25(33)20-3-2-12-32(18-20)26(34)24-17-23(28-29-24)19-8-10-27-11-9-19/h4-11,17,20H,2-3,12-16,18H2,1H3,(H,28,29). The van der Waals surface area contributed by atoms with Crippen molar-refractivity contribution in [3.05, 3.63) is 60.6 Å². The lowest BCUT2D eigenvalue weighted by Gasteiger charge is -2.39. The molecule has 2 amide bonds. The van der Waals surface area contributed by atoms with Gasteiger partial charge in [-0.15, -0.1) is 0 Å². The quantitative estimate of drug-likeness (QED) is 0.611. The first-order valence-electron chi connectivity index (χ1n) is 12.1. The molecule has 2 saturated heterocycles. The molecule has 2 aliphatic heterocycles. The van der Waals surface area contributed by atoms with E-state index in [9.17, 15) is 9.59 Å². The van der Waals surface area contributed by atoms with Gasteiger partial charge in [0.15, 0.2) is 0 Å². The number of benzene rings is 1. The van der Waals surface area contributed by atoms with E-state index in [4.69, 9.17) is 4.74 Å². The lowest BCUT2D eigenvalue weighted by atomic mass is 9.96. The maximum absolute atomic E-state index is 13.3. The van der Waals surface area contributed by atoms with Gasteiger partial charge in [-0.05, 0) is 55.3 Å². The molecule has 4 heterocycles. The van der Waals surface area contributed by atoms with Crippen molar-refractivity contribution < 1.29 is 14.3 Å². The van der Waals surface area contributed by atoms with Crippen LogP contribution in [-0.2, 0) is 4.79 Å². The summed E-state index contributed by atoms with van der Waals surface area (Å²) in [7, 11) is 1.66. The van der Waals surface area contributed by atoms with Crippen LogP contribution in [-0.4, -0.2) is 83.2 Å². The second-order valence-electron chi connectivity index (χ2n) is 9.00. The summed E-state index contributed by atoms with van der Waals surface area (Å²) in [5.74, 6) is 0.712. The molecule has 1 unspecified atom stereocenters. The topological polar surface area (TPSA) is 94.7 Å². The Bertz CT molecular complexity index is 1160. The van der Waals surface area contributed by atoms with Crippen molar-refractivity contribution in [2.24, 2.45) is 5.92 Å². The molecular weight excluding hydrogens is 444 g/mol. The fourth-order valence-corrected chi connectivity index (χ4v) is 4.87. The molecule has 0 bridgehead atoms. The average Bonchev–Trinajstić information content (AvgIpc) is 3.43. The van der Waals surface area contributed by atoms with Gasteiger partial charge in [-0.2, -0.15) is 5.10 Å². The minimum absolute atomic E-state index is 0.111. The van der Waals surface area contributed by atoms with E-state index in [-0.39, 0.29) is 17.7 Å². The van der Waals surface area contributed by atoms with Crippen molar-refractivity contribution in [3.8, 4) is 17.0 Å². The van der Waals surface area contributed by atoms with Crippen LogP contribution in [0.5, 0.6) is 5.75 Å². The van der Waals surface area contributed by atoms with Crippen LogP contribution in [0.2, 0.25) is 0 Å². The molecule has 0 aliphatic carbocycles. The smallest absolute Gasteiger partial charge is 0.271 e. The van der Waals surface area contributed by atoms with Gasteiger partial charge in [0.25, 0.3) is 5.91 Å². The second kappa shape index (κ2) is 10.2. The largest absolute Gasteiger partial charge is 0.497 e. The number of carbonyl (C=O) groups is 2. The van der Waals surface area contributed by atoms with Crippen molar-refractivity contribution in [3.63, 3.8) is 0 Å². The first-order chi connectivity index (χ1) is 17.1. The van der Waals surface area contributed by atoms with Crippen LogP contribution in [0.15, 0.2) is 54.9 Å². The number of piperidine rings is 1. The minimum atomic E-state index is -0.164. The predicted octanol–water partition coefficient (Wildman–Crippen LogP) is 2.68. The molecule has 1 atom stereocenters. The fraction of sp³-hybridized carbons (Fsp3) is 0.385. The Morgan fingerprint density at radius 1 is 0.971 bits per heavy atom. The lowest BCUT2D eigenvalue weighted by Crippen LogP contribution is -2.53. The van der Waals surface area contributed by atoms with E-state index in [1.807, 2.05) is 29.2 Å². The zero-order chi connectivity index (χ0) is 24.2. The van der Waals surface area contributed by atoms with Crippen LogP contribution < -0.4 is 9.64 Å². The molecule has 182 valence electrons.